The van der Waals surface area contributed by atoms with Crippen LogP contribution in [-0.4, -0.2) is 23.0 Å². The highest BCUT2D eigenvalue weighted by Gasteiger charge is 2.47. The van der Waals surface area contributed by atoms with Crippen LogP contribution in [0.1, 0.15) is 17.7 Å². The summed E-state index contributed by atoms with van der Waals surface area (Å²) in [5.41, 5.74) is 0.897. The maximum absolute atomic E-state index is 12.4. The minimum Gasteiger partial charge on any atom is -0.375 e. The number of pyridine rings is 1. The van der Waals surface area contributed by atoms with Crippen molar-refractivity contribution in [3.63, 3.8) is 0 Å². The second-order valence-electron chi connectivity index (χ2n) is 5.06. The molecule has 1 aromatic carbocycles. The maximum Gasteiger partial charge on any atom is 0.263 e. The molecule has 0 aliphatic carbocycles. The van der Waals surface area contributed by atoms with Crippen molar-refractivity contribution >= 4 is 11.6 Å². The molecule has 4 nitrogen and oxygen atoms in total. The van der Waals surface area contributed by atoms with Gasteiger partial charge in [-0.2, -0.15) is 0 Å². The number of fused-ring (bicyclic) bond motifs is 1. The van der Waals surface area contributed by atoms with Gasteiger partial charge in [0.15, 0.2) is 5.60 Å². The zero-order valence-electron chi connectivity index (χ0n) is 11.3. The standard InChI is InChI=1S/C16H16N2O2/c1-18-14-8-3-2-7-13(14)16(20,15(18)19)10-9-12-6-4-5-11-17-12/h2-8,11,20H,9-10H2,1H3. The third kappa shape index (κ3) is 1.89. The van der Waals surface area contributed by atoms with E-state index in [1.165, 1.54) is 4.90 Å². The van der Waals surface area contributed by atoms with Crippen molar-refractivity contribution in [2.75, 3.05) is 11.9 Å². The SMILES string of the molecule is CN1C(=O)C(O)(CCc2ccccn2)c2ccccc21. The maximum atomic E-state index is 12.4. The van der Waals surface area contributed by atoms with E-state index in [-0.39, 0.29) is 5.91 Å². The van der Waals surface area contributed by atoms with E-state index in [9.17, 15) is 9.90 Å². The fourth-order valence-corrected chi connectivity index (χ4v) is 2.71. The molecule has 0 fully saturated rings. The third-order valence-electron chi connectivity index (χ3n) is 3.84. The van der Waals surface area contributed by atoms with Gasteiger partial charge in [0, 0.05) is 24.5 Å². The molecule has 0 spiro atoms. The molecule has 102 valence electrons. The molecule has 0 saturated heterocycles. The van der Waals surface area contributed by atoms with E-state index in [1.54, 1.807) is 13.2 Å². The van der Waals surface area contributed by atoms with Gasteiger partial charge in [0.1, 0.15) is 0 Å². The van der Waals surface area contributed by atoms with Crippen molar-refractivity contribution in [2.24, 2.45) is 0 Å². The summed E-state index contributed by atoms with van der Waals surface area (Å²) >= 11 is 0. The lowest BCUT2D eigenvalue weighted by Gasteiger charge is -2.21. The van der Waals surface area contributed by atoms with E-state index >= 15 is 0 Å². The second kappa shape index (κ2) is 4.72. The van der Waals surface area contributed by atoms with Gasteiger partial charge in [0.05, 0.1) is 5.69 Å². The first-order chi connectivity index (χ1) is 9.63. The number of benzene rings is 1. The van der Waals surface area contributed by atoms with Gasteiger partial charge in [-0.3, -0.25) is 9.78 Å². The van der Waals surface area contributed by atoms with Crippen molar-refractivity contribution in [2.45, 2.75) is 18.4 Å². The Kier molecular flexibility index (Phi) is 3.03. The van der Waals surface area contributed by atoms with Gasteiger partial charge >= 0.3 is 0 Å². The van der Waals surface area contributed by atoms with Crippen molar-refractivity contribution in [3.05, 3.63) is 59.9 Å². The van der Waals surface area contributed by atoms with E-state index in [0.29, 0.717) is 18.4 Å². The zero-order valence-corrected chi connectivity index (χ0v) is 11.3. The van der Waals surface area contributed by atoms with E-state index in [0.717, 1.165) is 11.4 Å². The van der Waals surface area contributed by atoms with Gasteiger partial charge in [0.25, 0.3) is 5.91 Å². The van der Waals surface area contributed by atoms with Gasteiger partial charge in [-0.15, -0.1) is 0 Å². The molecule has 0 radical (unpaired) electrons. The predicted octanol–water partition coefficient (Wildman–Crippen LogP) is 1.88. The molecule has 2 aromatic rings. The Morgan fingerprint density at radius 1 is 1.20 bits per heavy atom. The molecular weight excluding hydrogens is 252 g/mol. The average Bonchev–Trinajstić information content (AvgIpc) is 2.69. The molecule has 0 saturated carbocycles. The Balaban J connectivity index is 1.90. The number of anilines is 1. The van der Waals surface area contributed by atoms with Crippen molar-refractivity contribution < 1.29 is 9.90 Å². The quantitative estimate of drug-likeness (QED) is 0.924. The highest BCUT2D eigenvalue weighted by Crippen LogP contribution is 2.41. The highest BCUT2D eigenvalue weighted by atomic mass is 16.3. The van der Waals surface area contributed by atoms with Crippen LogP contribution in [-0.2, 0) is 16.8 Å². The fraction of sp³-hybridized carbons (Fsp3) is 0.250. The third-order valence-corrected chi connectivity index (χ3v) is 3.84. The first kappa shape index (κ1) is 12.8. The van der Waals surface area contributed by atoms with Crippen LogP contribution in [0.5, 0.6) is 0 Å². The zero-order chi connectivity index (χ0) is 14.2. The largest absolute Gasteiger partial charge is 0.375 e. The number of rotatable bonds is 3. The smallest absolute Gasteiger partial charge is 0.263 e. The van der Waals surface area contributed by atoms with Gasteiger partial charge in [0.2, 0.25) is 0 Å². The summed E-state index contributed by atoms with van der Waals surface area (Å²) in [5.74, 6) is -0.269. The lowest BCUT2D eigenvalue weighted by molar-refractivity contribution is -0.136. The van der Waals surface area contributed by atoms with Crippen LogP contribution in [0.2, 0.25) is 0 Å². The summed E-state index contributed by atoms with van der Waals surface area (Å²) in [6, 6.07) is 13.0. The Labute approximate surface area is 117 Å². The number of carbonyl (C=O) groups is 1. The summed E-state index contributed by atoms with van der Waals surface area (Å²) in [6.45, 7) is 0. The Morgan fingerprint density at radius 2 is 1.95 bits per heavy atom. The summed E-state index contributed by atoms with van der Waals surface area (Å²) in [5, 5.41) is 10.8. The molecule has 1 N–H and O–H groups in total. The minimum atomic E-state index is -1.44. The van der Waals surface area contributed by atoms with E-state index in [2.05, 4.69) is 4.98 Å². The molecule has 20 heavy (non-hydrogen) atoms. The van der Waals surface area contributed by atoms with Crippen LogP contribution < -0.4 is 4.90 Å². The first-order valence-corrected chi connectivity index (χ1v) is 6.63. The van der Waals surface area contributed by atoms with Crippen LogP contribution in [0.4, 0.5) is 5.69 Å². The van der Waals surface area contributed by atoms with Gasteiger partial charge in [-0.25, -0.2) is 0 Å². The second-order valence-corrected chi connectivity index (χ2v) is 5.06. The average molecular weight is 268 g/mol. The number of carbonyl (C=O) groups excluding carboxylic acids is 1. The van der Waals surface area contributed by atoms with Crippen LogP contribution in [0.15, 0.2) is 48.7 Å². The van der Waals surface area contributed by atoms with Crippen LogP contribution in [0.25, 0.3) is 0 Å². The molecule has 1 amide bonds. The number of hydrogen-bond donors (Lipinski definition) is 1. The summed E-state index contributed by atoms with van der Waals surface area (Å²) in [4.78, 5) is 18.1. The topological polar surface area (TPSA) is 53.4 Å². The lowest BCUT2D eigenvalue weighted by Crippen LogP contribution is -2.38. The van der Waals surface area contributed by atoms with Gasteiger partial charge in [-0.05, 0) is 31.0 Å². The molecule has 1 atom stereocenters. The number of amides is 1. The highest BCUT2D eigenvalue weighted by molar-refractivity contribution is 6.06. The molecule has 1 aliphatic rings. The van der Waals surface area contributed by atoms with E-state index in [1.807, 2.05) is 42.5 Å². The van der Waals surface area contributed by atoms with E-state index in [4.69, 9.17) is 0 Å². The molecule has 1 aliphatic heterocycles. The summed E-state index contributed by atoms with van der Waals surface area (Å²) in [7, 11) is 1.69. The number of aromatic nitrogens is 1. The molecule has 3 rings (SSSR count). The van der Waals surface area contributed by atoms with E-state index < -0.39 is 5.60 Å². The molecule has 4 heteroatoms. The number of hydrogen-bond acceptors (Lipinski definition) is 3. The molecule has 1 unspecified atom stereocenters. The Bertz CT molecular complexity index is 642. The van der Waals surface area contributed by atoms with Crippen molar-refractivity contribution in [3.8, 4) is 0 Å². The molecule has 2 heterocycles. The number of aryl methyl sites for hydroxylation is 1. The lowest BCUT2D eigenvalue weighted by atomic mass is 9.90. The first-order valence-electron chi connectivity index (χ1n) is 6.63. The Hall–Kier alpha value is -2.20. The number of para-hydroxylation sites is 1. The number of likely N-dealkylation sites (N-methyl/N-ethyl adjacent to an activating group) is 1. The summed E-state index contributed by atoms with van der Waals surface area (Å²) < 4.78 is 0. The van der Waals surface area contributed by atoms with Crippen molar-refractivity contribution in [1.29, 1.82) is 0 Å². The molecule has 1 aromatic heterocycles. The molecular formula is C16H16N2O2. The van der Waals surface area contributed by atoms with Crippen LogP contribution in [0, 0.1) is 0 Å². The monoisotopic (exact) mass is 268 g/mol. The summed E-state index contributed by atoms with van der Waals surface area (Å²) in [6.07, 6.45) is 2.62. The number of aliphatic hydroxyl groups is 1. The Morgan fingerprint density at radius 3 is 2.70 bits per heavy atom. The minimum absolute atomic E-state index is 0.269. The van der Waals surface area contributed by atoms with Gasteiger partial charge < -0.3 is 10.0 Å². The van der Waals surface area contributed by atoms with Crippen LogP contribution >= 0.6 is 0 Å². The number of nitrogens with zero attached hydrogens (tertiary/aromatic N) is 2. The van der Waals surface area contributed by atoms with Crippen molar-refractivity contribution in [1.82, 2.24) is 4.98 Å². The fourth-order valence-electron chi connectivity index (χ4n) is 2.71. The predicted molar refractivity (Wildman–Crippen MR) is 76.3 cm³/mol. The van der Waals surface area contributed by atoms with Crippen LogP contribution in [0.3, 0.4) is 0 Å². The normalized spacial score (nSPS) is 21.1. The van der Waals surface area contributed by atoms with Gasteiger partial charge in [-0.1, -0.05) is 24.3 Å². The molecule has 0 bridgehead atoms.